The Morgan fingerprint density at radius 3 is 2.07 bits per heavy atom. The van der Waals surface area contributed by atoms with Crippen molar-refractivity contribution in [3.8, 4) is 0 Å². The minimum absolute atomic E-state index is 0.00427. The van der Waals surface area contributed by atoms with Crippen LogP contribution in [0.15, 0.2) is 54.6 Å². The van der Waals surface area contributed by atoms with Gasteiger partial charge in [-0.25, -0.2) is 9.59 Å². The topological polar surface area (TPSA) is 119 Å². The lowest BCUT2D eigenvalue weighted by Crippen LogP contribution is -2.32. The van der Waals surface area contributed by atoms with Crippen molar-refractivity contribution in [2.75, 3.05) is 29.9 Å². The Morgan fingerprint density at radius 2 is 1.43 bits per heavy atom. The van der Waals surface area contributed by atoms with Gasteiger partial charge in [-0.3, -0.25) is 4.79 Å². The van der Waals surface area contributed by atoms with E-state index in [9.17, 15) is 4.79 Å². The van der Waals surface area contributed by atoms with Crippen LogP contribution >= 0.6 is 0 Å². The Kier molecular flexibility index (Phi) is 9.33. The molecule has 160 valence electrons. The van der Waals surface area contributed by atoms with E-state index in [1.165, 1.54) is 24.8 Å². The summed E-state index contributed by atoms with van der Waals surface area (Å²) in [6.07, 6.45) is 3.75. The highest BCUT2D eigenvalue weighted by Gasteiger charge is 2.15. The van der Waals surface area contributed by atoms with E-state index in [2.05, 4.69) is 33.7 Å². The molecule has 1 aliphatic rings. The number of hydrogen-bond donors (Lipinski definition) is 4. The smallest absolute Gasteiger partial charge is 0.414 e. The molecule has 30 heavy (non-hydrogen) atoms. The first-order valence-corrected chi connectivity index (χ1v) is 9.82. The zero-order valence-electron chi connectivity index (χ0n) is 16.7. The second kappa shape index (κ2) is 12.2. The Bertz CT molecular complexity index is 824. The number of carbonyl (C=O) groups is 3. The maximum atomic E-state index is 12.2. The molecule has 1 heterocycles. The summed E-state index contributed by atoms with van der Waals surface area (Å²) in [5.41, 5.74) is 3.22. The van der Waals surface area contributed by atoms with Crippen LogP contribution in [0.4, 0.5) is 11.4 Å². The predicted molar refractivity (Wildman–Crippen MR) is 115 cm³/mol. The van der Waals surface area contributed by atoms with Crippen LogP contribution in [0.3, 0.4) is 0 Å². The molecule has 0 atom stereocenters. The molecule has 0 bridgehead atoms. The van der Waals surface area contributed by atoms with Crippen molar-refractivity contribution in [2.24, 2.45) is 0 Å². The Labute approximate surface area is 175 Å². The molecule has 2 aromatic carbocycles. The average molecular weight is 413 g/mol. The van der Waals surface area contributed by atoms with E-state index in [0.29, 0.717) is 13.1 Å². The van der Waals surface area contributed by atoms with E-state index < -0.39 is 11.9 Å². The van der Waals surface area contributed by atoms with Crippen LogP contribution in [0, 0.1) is 0 Å². The number of carbonyl (C=O) groups excluding carboxylic acids is 1. The van der Waals surface area contributed by atoms with Crippen molar-refractivity contribution in [3.63, 3.8) is 0 Å². The second-order valence-corrected chi connectivity index (χ2v) is 6.81. The van der Waals surface area contributed by atoms with Crippen LogP contribution in [-0.2, 0) is 20.9 Å². The third-order valence-electron chi connectivity index (χ3n) is 4.52. The van der Waals surface area contributed by atoms with Crippen molar-refractivity contribution in [3.05, 3.63) is 60.2 Å². The van der Waals surface area contributed by atoms with Crippen molar-refractivity contribution in [1.29, 1.82) is 0 Å². The van der Waals surface area contributed by atoms with Gasteiger partial charge < -0.3 is 25.7 Å². The number of amides is 1. The van der Waals surface area contributed by atoms with Gasteiger partial charge in [0.25, 0.3) is 0 Å². The van der Waals surface area contributed by atoms with Gasteiger partial charge in [0.05, 0.1) is 17.9 Å². The minimum atomic E-state index is -1.82. The summed E-state index contributed by atoms with van der Waals surface area (Å²) in [7, 11) is 0. The normalized spacial score (nSPS) is 13.0. The monoisotopic (exact) mass is 413 g/mol. The van der Waals surface area contributed by atoms with E-state index in [1.807, 2.05) is 36.4 Å². The third kappa shape index (κ3) is 7.92. The van der Waals surface area contributed by atoms with Crippen LogP contribution in [-0.4, -0.2) is 47.7 Å². The van der Waals surface area contributed by atoms with Gasteiger partial charge in [-0.2, -0.15) is 0 Å². The summed E-state index contributed by atoms with van der Waals surface area (Å²) in [6, 6.07) is 18.2. The number of para-hydroxylation sites is 2. The van der Waals surface area contributed by atoms with Gasteiger partial charge in [-0.15, -0.1) is 0 Å². The highest BCUT2D eigenvalue weighted by Crippen LogP contribution is 2.28. The van der Waals surface area contributed by atoms with Gasteiger partial charge in [0.1, 0.15) is 0 Å². The van der Waals surface area contributed by atoms with E-state index in [4.69, 9.17) is 19.8 Å². The quantitative estimate of drug-likeness (QED) is 0.537. The molecule has 0 aliphatic carbocycles. The Balaban J connectivity index is 0.000000469. The molecule has 2 aromatic rings. The molecular weight excluding hydrogens is 386 g/mol. The van der Waals surface area contributed by atoms with Gasteiger partial charge in [0.2, 0.25) is 5.91 Å². The summed E-state index contributed by atoms with van der Waals surface area (Å²) in [5.74, 6) is -3.65. The molecule has 8 nitrogen and oxygen atoms in total. The van der Waals surface area contributed by atoms with Gasteiger partial charge in [0.15, 0.2) is 0 Å². The number of nitrogens with zero attached hydrogens (tertiary/aromatic N) is 1. The molecule has 4 N–H and O–H groups in total. The predicted octanol–water partition coefficient (Wildman–Crippen LogP) is 2.56. The third-order valence-corrected chi connectivity index (χ3v) is 4.52. The molecule has 0 unspecified atom stereocenters. The summed E-state index contributed by atoms with van der Waals surface area (Å²) in [5, 5.41) is 21.0. The summed E-state index contributed by atoms with van der Waals surface area (Å²) >= 11 is 0. The number of benzene rings is 2. The van der Waals surface area contributed by atoms with Crippen molar-refractivity contribution >= 4 is 29.2 Å². The van der Waals surface area contributed by atoms with Crippen LogP contribution in [0.5, 0.6) is 0 Å². The van der Waals surface area contributed by atoms with E-state index >= 15 is 0 Å². The van der Waals surface area contributed by atoms with Gasteiger partial charge in [-0.05, 0) is 37.0 Å². The van der Waals surface area contributed by atoms with E-state index in [1.54, 1.807) is 0 Å². The van der Waals surface area contributed by atoms with Crippen LogP contribution in [0.2, 0.25) is 0 Å². The maximum absolute atomic E-state index is 12.2. The lowest BCUT2D eigenvalue weighted by molar-refractivity contribution is -0.159. The second-order valence-electron chi connectivity index (χ2n) is 6.81. The van der Waals surface area contributed by atoms with Crippen LogP contribution < -0.4 is 15.5 Å². The number of carboxylic acids is 2. The number of anilines is 2. The highest BCUT2D eigenvalue weighted by molar-refractivity contribution is 6.27. The Hall–Kier alpha value is -3.39. The molecular formula is C22H27N3O5. The fourth-order valence-corrected chi connectivity index (χ4v) is 3.10. The van der Waals surface area contributed by atoms with Crippen molar-refractivity contribution in [2.45, 2.75) is 25.8 Å². The maximum Gasteiger partial charge on any atom is 0.414 e. The number of hydrogen-bond acceptors (Lipinski definition) is 5. The van der Waals surface area contributed by atoms with Crippen LogP contribution in [0.25, 0.3) is 0 Å². The van der Waals surface area contributed by atoms with E-state index in [-0.39, 0.29) is 5.91 Å². The summed E-state index contributed by atoms with van der Waals surface area (Å²) < 4.78 is 0. The molecule has 1 amide bonds. The molecule has 0 aromatic heterocycles. The first-order valence-electron chi connectivity index (χ1n) is 9.82. The first kappa shape index (κ1) is 22.9. The molecule has 1 aliphatic heterocycles. The molecule has 1 fully saturated rings. The molecule has 0 saturated carbocycles. The fourth-order valence-electron chi connectivity index (χ4n) is 3.10. The van der Waals surface area contributed by atoms with Gasteiger partial charge in [0, 0.05) is 19.6 Å². The zero-order valence-corrected chi connectivity index (χ0v) is 16.7. The Morgan fingerprint density at radius 1 is 0.833 bits per heavy atom. The molecule has 1 saturated heterocycles. The number of nitrogens with one attached hydrogen (secondary N) is 2. The largest absolute Gasteiger partial charge is 0.473 e. The minimum Gasteiger partial charge on any atom is -0.473 e. The molecule has 0 spiro atoms. The average Bonchev–Trinajstić information content (AvgIpc) is 2.76. The zero-order chi connectivity index (χ0) is 21.8. The summed E-state index contributed by atoms with van der Waals surface area (Å²) in [6.45, 7) is 3.14. The van der Waals surface area contributed by atoms with Crippen molar-refractivity contribution < 1.29 is 24.6 Å². The standard InChI is InChI=1S/C20H25N3O.C2H2O4/c24-20(16-21-15-17-9-3-1-4-10-17)22-18-11-5-6-12-19(18)23-13-7-2-8-14-23;3-1(4)2(5)6/h1,3-6,9-12,21H,2,7-8,13-16H2,(H,22,24);(H,3,4)(H,5,6). The lowest BCUT2D eigenvalue weighted by atomic mass is 10.1. The fraction of sp³-hybridized carbons (Fsp3) is 0.318. The first-order chi connectivity index (χ1) is 14.5. The molecule has 0 radical (unpaired) electrons. The van der Waals surface area contributed by atoms with Crippen molar-refractivity contribution in [1.82, 2.24) is 5.32 Å². The van der Waals surface area contributed by atoms with Gasteiger partial charge in [-0.1, -0.05) is 42.5 Å². The lowest BCUT2D eigenvalue weighted by Gasteiger charge is -2.30. The summed E-state index contributed by atoms with van der Waals surface area (Å²) in [4.78, 5) is 32.8. The number of carboxylic acid groups (broad SMARTS) is 2. The highest BCUT2D eigenvalue weighted by atomic mass is 16.4. The van der Waals surface area contributed by atoms with Gasteiger partial charge >= 0.3 is 11.9 Å². The van der Waals surface area contributed by atoms with Crippen LogP contribution in [0.1, 0.15) is 24.8 Å². The number of aliphatic carboxylic acids is 2. The number of piperidine rings is 1. The SMILES string of the molecule is O=C(CNCc1ccccc1)Nc1ccccc1N1CCCCC1.O=C(O)C(=O)O. The molecule has 8 heteroatoms. The molecule has 3 rings (SSSR count). The number of rotatable bonds is 6. The van der Waals surface area contributed by atoms with E-state index in [0.717, 1.165) is 24.5 Å².